The SMILES string of the molecule is CC(=O)c1ccc(-c2csc3c(OC4CCN(c5nc(C(C)C)no5)CC4)ncnc23)cc1. The largest absolute Gasteiger partial charge is 0.473 e. The number of carbonyl (C=O) groups excluding carboxylic acids is 1. The molecule has 170 valence electrons. The number of carbonyl (C=O) groups is 1. The van der Waals surface area contributed by atoms with Crippen molar-refractivity contribution >= 4 is 33.4 Å². The average Bonchev–Trinajstić information content (AvgIpc) is 3.48. The van der Waals surface area contributed by atoms with E-state index in [1.54, 1.807) is 24.6 Å². The van der Waals surface area contributed by atoms with Crippen molar-refractivity contribution in [2.75, 3.05) is 18.0 Å². The van der Waals surface area contributed by atoms with Crippen molar-refractivity contribution in [3.05, 3.63) is 47.4 Å². The molecule has 0 bridgehead atoms. The van der Waals surface area contributed by atoms with Gasteiger partial charge in [-0.2, -0.15) is 4.98 Å². The van der Waals surface area contributed by atoms with E-state index in [-0.39, 0.29) is 17.8 Å². The second-order valence-electron chi connectivity index (χ2n) is 8.53. The number of benzene rings is 1. The quantitative estimate of drug-likeness (QED) is 0.364. The van der Waals surface area contributed by atoms with Crippen LogP contribution in [0.25, 0.3) is 21.3 Å². The van der Waals surface area contributed by atoms with E-state index < -0.39 is 0 Å². The number of hydrogen-bond acceptors (Lipinski definition) is 9. The number of thiophene rings is 1. The van der Waals surface area contributed by atoms with Crippen LogP contribution in [-0.4, -0.2) is 45.1 Å². The van der Waals surface area contributed by atoms with Gasteiger partial charge in [0, 0.05) is 48.4 Å². The van der Waals surface area contributed by atoms with Gasteiger partial charge in [-0.1, -0.05) is 43.3 Å². The highest BCUT2D eigenvalue weighted by molar-refractivity contribution is 7.18. The Hall–Kier alpha value is -3.33. The predicted octanol–water partition coefficient (Wildman–Crippen LogP) is 5.12. The van der Waals surface area contributed by atoms with Gasteiger partial charge >= 0.3 is 6.01 Å². The van der Waals surface area contributed by atoms with Gasteiger partial charge < -0.3 is 14.2 Å². The number of aromatic nitrogens is 4. The number of Topliss-reactive ketones (excluding diaryl/α,β-unsaturated/α-hetero) is 1. The van der Waals surface area contributed by atoms with E-state index in [4.69, 9.17) is 9.26 Å². The molecule has 1 saturated heterocycles. The molecule has 8 nitrogen and oxygen atoms in total. The Labute approximate surface area is 195 Å². The maximum absolute atomic E-state index is 11.6. The summed E-state index contributed by atoms with van der Waals surface area (Å²) >= 11 is 1.58. The van der Waals surface area contributed by atoms with Gasteiger partial charge in [-0.3, -0.25) is 4.79 Å². The summed E-state index contributed by atoms with van der Waals surface area (Å²) in [6.07, 6.45) is 3.30. The highest BCUT2D eigenvalue weighted by Crippen LogP contribution is 2.37. The molecule has 33 heavy (non-hydrogen) atoms. The molecule has 4 heterocycles. The Bertz CT molecular complexity index is 1270. The average molecular weight is 464 g/mol. The van der Waals surface area contributed by atoms with Crippen molar-refractivity contribution < 1.29 is 14.1 Å². The number of piperidine rings is 1. The molecule has 0 spiro atoms. The van der Waals surface area contributed by atoms with Gasteiger partial charge in [0.15, 0.2) is 11.6 Å². The molecule has 0 saturated carbocycles. The number of hydrogen-bond donors (Lipinski definition) is 0. The third kappa shape index (κ3) is 4.32. The minimum absolute atomic E-state index is 0.0558. The van der Waals surface area contributed by atoms with Crippen LogP contribution in [0.15, 0.2) is 40.5 Å². The molecule has 0 N–H and O–H groups in total. The van der Waals surface area contributed by atoms with E-state index in [2.05, 4.69) is 30.4 Å². The number of fused-ring (bicyclic) bond motifs is 1. The van der Waals surface area contributed by atoms with E-state index in [0.717, 1.165) is 53.1 Å². The molecular weight excluding hydrogens is 438 g/mol. The van der Waals surface area contributed by atoms with Crippen LogP contribution in [0.1, 0.15) is 55.7 Å². The van der Waals surface area contributed by atoms with Crippen LogP contribution in [0.3, 0.4) is 0 Å². The number of rotatable bonds is 6. The molecule has 0 atom stereocenters. The van der Waals surface area contributed by atoms with E-state index in [9.17, 15) is 4.79 Å². The Balaban J connectivity index is 1.29. The van der Waals surface area contributed by atoms with Crippen LogP contribution in [0.4, 0.5) is 6.01 Å². The van der Waals surface area contributed by atoms with Crippen LogP contribution in [-0.2, 0) is 0 Å². The molecule has 1 aliphatic rings. The van der Waals surface area contributed by atoms with Crippen LogP contribution >= 0.6 is 11.3 Å². The molecule has 3 aromatic heterocycles. The molecule has 9 heteroatoms. The van der Waals surface area contributed by atoms with Gasteiger partial charge in [0.1, 0.15) is 17.1 Å². The summed E-state index contributed by atoms with van der Waals surface area (Å²) in [5, 5.41) is 6.13. The van der Waals surface area contributed by atoms with Gasteiger partial charge in [0.2, 0.25) is 5.88 Å². The van der Waals surface area contributed by atoms with Crippen LogP contribution in [0, 0.1) is 0 Å². The molecular formula is C24H25N5O3S. The number of anilines is 1. The first-order valence-corrected chi connectivity index (χ1v) is 12.0. The summed E-state index contributed by atoms with van der Waals surface area (Å²) in [6, 6.07) is 8.19. The maximum Gasteiger partial charge on any atom is 0.324 e. The fourth-order valence-corrected chi connectivity index (χ4v) is 4.87. The summed E-state index contributed by atoms with van der Waals surface area (Å²) in [7, 11) is 0. The van der Waals surface area contributed by atoms with Crippen LogP contribution in [0.5, 0.6) is 5.88 Å². The lowest BCUT2D eigenvalue weighted by Gasteiger charge is -2.30. The van der Waals surface area contributed by atoms with Crippen molar-refractivity contribution in [1.29, 1.82) is 0 Å². The topological polar surface area (TPSA) is 94.2 Å². The van der Waals surface area contributed by atoms with Crippen LogP contribution < -0.4 is 9.64 Å². The third-order valence-corrected chi connectivity index (χ3v) is 6.82. The summed E-state index contributed by atoms with van der Waals surface area (Å²) < 4.78 is 12.7. The maximum atomic E-state index is 11.6. The standard InChI is InChI=1S/C24H25N5O3S/c1-14(2)22-27-24(32-28-22)29-10-8-18(9-11-29)31-23-21-20(25-13-26-23)19(12-33-21)17-6-4-16(5-7-17)15(3)30/h4-7,12-14,18H,8-11H2,1-3H3. The highest BCUT2D eigenvalue weighted by atomic mass is 32.1. The zero-order valence-electron chi connectivity index (χ0n) is 18.8. The minimum Gasteiger partial charge on any atom is -0.473 e. The summed E-state index contributed by atoms with van der Waals surface area (Å²) in [5.74, 6) is 1.65. The van der Waals surface area contributed by atoms with Crippen molar-refractivity contribution in [2.24, 2.45) is 0 Å². The molecule has 0 unspecified atom stereocenters. The first-order valence-electron chi connectivity index (χ1n) is 11.1. The lowest BCUT2D eigenvalue weighted by Crippen LogP contribution is -2.38. The molecule has 0 amide bonds. The molecule has 4 aromatic rings. The normalized spacial score (nSPS) is 14.8. The molecule has 1 aromatic carbocycles. The Morgan fingerprint density at radius 1 is 1.18 bits per heavy atom. The fourth-order valence-electron chi connectivity index (χ4n) is 3.91. The second kappa shape index (κ2) is 8.90. The smallest absolute Gasteiger partial charge is 0.324 e. The zero-order chi connectivity index (χ0) is 22.9. The molecule has 1 aliphatic heterocycles. The van der Waals surface area contributed by atoms with E-state index in [1.165, 1.54) is 0 Å². The van der Waals surface area contributed by atoms with Crippen molar-refractivity contribution in [3.63, 3.8) is 0 Å². The molecule has 1 fully saturated rings. The van der Waals surface area contributed by atoms with Crippen LogP contribution in [0.2, 0.25) is 0 Å². The number of ketones is 1. The first kappa shape index (κ1) is 21.5. The molecule has 0 radical (unpaired) electrons. The second-order valence-corrected chi connectivity index (χ2v) is 9.41. The number of nitrogens with zero attached hydrogens (tertiary/aromatic N) is 5. The zero-order valence-corrected chi connectivity index (χ0v) is 19.6. The molecule has 5 rings (SSSR count). The van der Waals surface area contributed by atoms with Gasteiger partial charge in [0.05, 0.1) is 5.52 Å². The lowest BCUT2D eigenvalue weighted by atomic mass is 10.0. The Kier molecular flexibility index (Phi) is 5.80. The third-order valence-electron chi connectivity index (χ3n) is 5.86. The summed E-state index contributed by atoms with van der Waals surface area (Å²) in [6.45, 7) is 7.25. The molecule has 0 aliphatic carbocycles. The van der Waals surface area contributed by atoms with Crippen molar-refractivity contribution in [2.45, 2.75) is 45.6 Å². The Morgan fingerprint density at radius 3 is 2.61 bits per heavy atom. The van der Waals surface area contributed by atoms with Gasteiger partial charge in [-0.05, 0) is 12.5 Å². The van der Waals surface area contributed by atoms with E-state index >= 15 is 0 Å². The fraction of sp³-hybridized carbons (Fsp3) is 0.375. The van der Waals surface area contributed by atoms with Crippen molar-refractivity contribution in [3.8, 4) is 17.0 Å². The van der Waals surface area contributed by atoms with Gasteiger partial charge in [-0.15, -0.1) is 11.3 Å². The highest BCUT2D eigenvalue weighted by Gasteiger charge is 2.26. The minimum atomic E-state index is 0.0558. The summed E-state index contributed by atoms with van der Waals surface area (Å²) in [5.41, 5.74) is 3.60. The first-order chi connectivity index (χ1) is 16.0. The Morgan fingerprint density at radius 2 is 1.94 bits per heavy atom. The number of ether oxygens (including phenoxy) is 1. The lowest BCUT2D eigenvalue weighted by molar-refractivity contribution is 0.101. The van der Waals surface area contributed by atoms with Crippen molar-refractivity contribution in [1.82, 2.24) is 20.1 Å². The van der Waals surface area contributed by atoms with E-state index in [1.807, 2.05) is 38.1 Å². The monoisotopic (exact) mass is 463 g/mol. The summed E-state index contributed by atoms with van der Waals surface area (Å²) in [4.78, 5) is 27.1. The van der Waals surface area contributed by atoms with Gasteiger partial charge in [-0.25, -0.2) is 9.97 Å². The van der Waals surface area contributed by atoms with Gasteiger partial charge in [0.25, 0.3) is 0 Å². The predicted molar refractivity (Wildman–Crippen MR) is 127 cm³/mol. The van der Waals surface area contributed by atoms with E-state index in [0.29, 0.717) is 17.5 Å².